The number of benzene rings is 1. The fraction of sp³-hybridized carbons (Fsp3) is 0.400. The maximum Gasteiger partial charge on any atom is 0.294 e. The largest absolute Gasteiger partial charge is 0.391 e. The van der Waals surface area contributed by atoms with Gasteiger partial charge in [-0.25, -0.2) is 0 Å². The van der Waals surface area contributed by atoms with E-state index in [0.29, 0.717) is 30.2 Å². The minimum Gasteiger partial charge on any atom is -0.391 e. The predicted octanol–water partition coefficient (Wildman–Crippen LogP) is 1.82. The van der Waals surface area contributed by atoms with Crippen LogP contribution in [0.4, 0.5) is 11.4 Å². The molecule has 86 valence electrons. The van der Waals surface area contributed by atoms with Crippen molar-refractivity contribution in [2.75, 3.05) is 18.0 Å². The minimum atomic E-state index is -0.452. The molecule has 1 aliphatic heterocycles. The Morgan fingerprint density at radius 3 is 2.88 bits per heavy atom. The van der Waals surface area contributed by atoms with Crippen LogP contribution in [0.25, 0.3) is 0 Å². The van der Waals surface area contributed by atoms with Crippen LogP contribution in [-0.4, -0.2) is 29.2 Å². The number of β-amino-alcohol motifs (C(OH)–C–C–N with tert-alkyl or cyclic N) is 1. The van der Waals surface area contributed by atoms with Crippen molar-refractivity contribution in [2.24, 2.45) is 0 Å². The third-order valence-electron chi connectivity index (χ3n) is 2.64. The number of anilines is 1. The molecular formula is C10H11ClN2O3. The first kappa shape index (κ1) is 11.2. The molecule has 0 bridgehead atoms. The maximum absolute atomic E-state index is 10.9. The van der Waals surface area contributed by atoms with Crippen molar-refractivity contribution in [1.82, 2.24) is 0 Å². The van der Waals surface area contributed by atoms with Gasteiger partial charge in [-0.3, -0.25) is 10.1 Å². The van der Waals surface area contributed by atoms with Gasteiger partial charge in [0.2, 0.25) is 0 Å². The highest BCUT2D eigenvalue weighted by atomic mass is 35.5. The molecule has 1 heterocycles. The van der Waals surface area contributed by atoms with Crippen molar-refractivity contribution in [3.63, 3.8) is 0 Å². The van der Waals surface area contributed by atoms with E-state index in [2.05, 4.69) is 0 Å². The van der Waals surface area contributed by atoms with Crippen molar-refractivity contribution in [3.05, 3.63) is 33.3 Å². The van der Waals surface area contributed by atoms with E-state index < -0.39 is 11.0 Å². The Morgan fingerprint density at radius 2 is 2.31 bits per heavy atom. The average molecular weight is 243 g/mol. The van der Waals surface area contributed by atoms with Crippen molar-refractivity contribution in [1.29, 1.82) is 0 Å². The van der Waals surface area contributed by atoms with Gasteiger partial charge in [0.1, 0.15) is 5.69 Å². The summed E-state index contributed by atoms with van der Waals surface area (Å²) in [5.74, 6) is 0. The molecular weight excluding hydrogens is 232 g/mol. The van der Waals surface area contributed by atoms with E-state index in [1.54, 1.807) is 17.0 Å². The number of para-hydroxylation sites is 1. The summed E-state index contributed by atoms with van der Waals surface area (Å²) in [5, 5.41) is 20.6. The molecule has 6 heteroatoms. The van der Waals surface area contributed by atoms with Crippen LogP contribution in [-0.2, 0) is 0 Å². The van der Waals surface area contributed by atoms with Gasteiger partial charge in [0.15, 0.2) is 0 Å². The summed E-state index contributed by atoms with van der Waals surface area (Å²) in [4.78, 5) is 12.2. The molecule has 16 heavy (non-hydrogen) atoms. The summed E-state index contributed by atoms with van der Waals surface area (Å²) in [6, 6.07) is 4.59. The van der Waals surface area contributed by atoms with Crippen molar-refractivity contribution in [2.45, 2.75) is 12.5 Å². The first-order valence-electron chi connectivity index (χ1n) is 4.95. The Labute approximate surface area is 97.4 Å². The Kier molecular flexibility index (Phi) is 2.98. The highest BCUT2D eigenvalue weighted by molar-refractivity contribution is 6.33. The number of rotatable bonds is 2. The lowest BCUT2D eigenvalue weighted by Gasteiger charge is -2.18. The fourth-order valence-corrected chi connectivity index (χ4v) is 2.20. The number of nitro groups is 1. The number of hydrogen-bond donors (Lipinski definition) is 1. The summed E-state index contributed by atoms with van der Waals surface area (Å²) in [5.41, 5.74) is 0.396. The maximum atomic E-state index is 10.9. The molecule has 0 saturated carbocycles. The normalized spacial score (nSPS) is 20.1. The first-order valence-corrected chi connectivity index (χ1v) is 5.33. The molecule has 1 aliphatic rings. The molecule has 1 atom stereocenters. The van der Waals surface area contributed by atoms with Crippen LogP contribution >= 0.6 is 11.6 Å². The number of halogens is 1. The summed E-state index contributed by atoms with van der Waals surface area (Å²) in [6.07, 6.45) is 0.179. The van der Waals surface area contributed by atoms with Crippen LogP contribution in [0.15, 0.2) is 18.2 Å². The van der Waals surface area contributed by atoms with E-state index in [9.17, 15) is 15.2 Å². The van der Waals surface area contributed by atoms with E-state index in [4.69, 9.17) is 11.6 Å². The second-order valence-electron chi connectivity index (χ2n) is 3.75. The molecule has 0 amide bonds. The van der Waals surface area contributed by atoms with Gasteiger partial charge in [0.25, 0.3) is 5.69 Å². The van der Waals surface area contributed by atoms with E-state index in [-0.39, 0.29) is 5.69 Å². The Balaban J connectivity index is 2.42. The topological polar surface area (TPSA) is 66.6 Å². The van der Waals surface area contributed by atoms with E-state index in [1.807, 2.05) is 0 Å². The van der Waals surface area contributed by atoms with Crippen molar-refractivity contribution >= 4 is 23.0 Å². The molecule has 0 aliphatic carbocycles. The van der Waals surface area contributed by atoms with Crippen LogP contribution in [0.2, 0.25) is 5.02 Å². The van der Waals surface area contributed by atoms with Gasteiger partial charge >= 0.3 is 0 Å². The van der Waals surface area contributed by atoms with Crippen LogP contribution in [0.5, 0.6) is 0 Å². The lowest BCUT2D eigenvalue weighted by molar-refractivity contribution is -0.384. The number of aliphatic hydroxyl groups is 1. The second kappa shape index (κ2) is 4.27. The van der Waals surface area contributed by atoms with E-state index >= 15 is 0 Å². The molecule has 0 spiro atoms. The molecule has 1 aromatic carbocycles. The monoisotopic (exact) mass is 242 g/mol. The highest BCUT2D eigenvalue weighted by Crippen LogP contribution is 2.36. The molecule has 1 aromatic rings. The molecule has 0 unspecified atom stereocenters. The van der Waals surface area contributed by atoms with E-state index in [0.717, 1.165) is 0 Å². The van der Waals surface area contributed by atoms with Gasteiger partial charge in [0.05, 0.1) is 16.0 Å². The summed E-state index contributed by atoms with van der Waals surface area (Å²) in [7, 11) is 0. The van der Waals surface area contributed by atoms with Gasteiger partial charge in [-0.2, -0.15) is 0 Å². The summed E-state index contributed by atoms with van der Waals surface area (Å²) < 4.78 is 0. The van der Waals surface area contributed by atoms with Gasteiger partial charge in [-0.05, 0) is 12.5 Å². The standard InChI is InChI=1S/C10H11ClN2O3/c11-8-2-1-3-9(13(15)16)10(8)12-5-4-7(14)6-12/h1-3,7,14H,4-6H2/t7-/m1/s1. The van der Waals surface area contributed by atoms with Gasteiger partial charge < -0.3 is 10.0 Å². The van der Waals surface area contributed by atoms with Crippen LogP contribution in [0, 0.1) is 10.1 Å². The second-order valence-corrected chi connectivity index (χ2v) is 4.16. The quantitative estimate of drug-likeness (QED) is 0.635. The Hall–Kier alpha value is -1.33. The van der Waals surface area contributed by atoms with E-state index in [1.165, 1.54) is 6.07 Å². The zero-order valence-corrected chi connectivity index (χ0v) is 9.22. The molecule has 5 nitrogen and oxygen atoms in total. The molecule has 2 rings (SSSR count). The van der Waals surface area contributed by atoms with Crippen LogP contribution in [0.1, 0.15) is 6.42 Å². The fourth-order valence-electron chi connectivity index (χ4n) is 1.91. The average Bonchev–Trinajstić information content (AvgIpc) is 2.64. The third-order valence-corrected chi connectivity index (χ3v) is 2.95. The molecule has 0 aromatic heterocycles. The van der Waals surface area contributed by atoms with Crippen LogP contribution in [0.3, 0.4) is 0 Å². The summed E-state index contributed by atoms with van der Waals surface area (Å²) in [6.45, 7) is 0.982. The lowest BCUT2D eigenvalue weighted by atomic mass is 10.2. The smallest absolute Gasteiger partial charge is 0.294 e. The number of aliphatic hydroxyl groups excluding tert-OH is 1. The highest BCUT2D eigenvalue weighted by Gasteiger charge is 2.28. The number of nitrogens with zero attached hydrogens (tertiary/aromatic N) is 2. The van der Waals surface area contributed by atoms with Gasteiger partial charge in [-0.1, -0.05) is 17.7 Å². The predicted molar refractivity (Wildman–Crippen MR) is 60.9 cm³/mol. The zero-order valence-electron chi connectivity index (χ0n) is 8.47. The molecule has 0 radical (unpaired) electrons. The first-order chi connectivity index (χ1) is 7.59. The van der Waals surface area contributed by atoms with Crippen molar-refractivity contribution in [3.8, 4) is 0 Å². The van der Waals surface area contributed by atoms with Crippen molar-refractivity contribution < 1.29 is 10.0 Å². The minimum absolute atomic E-state index is 0.0124. The molecule has 1 saturated heterocycles. The number of hydrogen-bond acceptors (Lipinski definition) is 4. The zero-order chi connectivity index (χ0) is 11.7. The lowest BCUT2D eigenvalue weighted by Crippen LogP contribution is -2.22. The van der Waals surface area contributed by atoms with Gasteiger partial charge in [0, 0.05) is 19.2 Å². The molecule has 1 fully saturated rings. The third kappa shape index (κ3) is 1.96. The van der Waals surface area contributed by atoms with Gasteiger partial charge in [-0.15, -0.1) is 0 Å². The van der Waals surface area contributed by atoms with Crippen LogP contribution < -0.4 is 4.90 Å². The molecule has 1 N–H and O–H groups in total. The Morgan fingerprint density at radius 1 is 1.56 bits per heavy atom. The number of nitro benzene ring substituents is 1. The SMILES string of the molecule is O=[N+]([O-])c1cccc(Cl)c1N1CC[C@@H](O)C1. The Bertz CT molecular complexity index is 425. The summed E-state index contributed by atoms with van der Waals surface area (Å²) >= 11 is 5.97.